The smallest absolute Gasteiger partial charge is 0.412 e. The summed E-state index contributed by atoms with van der Waals surface area (Å²) < 4.78 is 1.80. The molecule has 9 amide bonds. The summed E-state index contributed by atoms with van der Waals surface area (Å²) in [6, 6.07) is -8.63. The molecule has 0 aromatic carbocycles. The van der Waals surface area contributed by atoms with Gasteiger partial charge in [0.15, 0.2) is 6.04 Å². The van der Waals surface area contributed by atoms with Crippen molar-refractivity contribution in [2.75, 3.05) is 26.2 Å². The molecule has 1 fully saturated rings. The number of nitrogens with one attached hydrogen (secondary N) is 4. The first kappa shape index (κ1) is 61.5. The number of thioether (sulfide) groups is 1. The van der Waals surface area contributed by atoms with Gasteiger partial charge in [-0.15, -0.1) is 11.8 Å². The summed E-state index contributed by atoms with van der Waals surface area (Å²) in [5.74, 6) is -7.81. The average Bonchev–Trinajstić information content (AvgIpc) is 3.56. The molecule has 0 saturated carbocycles. The van der Waals surface area contributed by atoms with E-state index in [9.17, 15) is 89.1 Å². The zero-order chi connectivity index (χ0) is 51.7. The third-order valence-corrected chi connectivity index (χ3v) is 12.1. The maximum Gasteiger partial charge on any atom is 0.412 e. The van der Waals surface area contributed by atoms with E-state index in [0.29, 0.717) is 27.0 Å². The van der Waals surface area contributed by atoms with Gasteiger partial charge in [-0.2, -0.15) is 20.2 Å². The first-order valence-corrected chi connectivity index (χ1v) is 21.8. The molecule has 1 aliphatic rings. The summed E-state index contributed by atoms with van der Waals surface area (Å²) in [5.41, 5.74) is 10.0. The molecule has 0 bridgehead atoms. The van der Waals surface area contributed by atoms with Crippen molar-refractivity contribution in [2.24, 2.45) is 23.5 Å². The number of carboxylic acid groups (broad SMARTS) is 1. The Hall–Kier alpha value is -5.54. The number of nitrogens with zero attached hydrogens (tertiary/aromatic N) is 6. The van der Waals surface area contributed by atoms with Gasteiger partial charge in [0.05, 0.1) is 70.5 Å². The predicted molar refractivity (Wildman–Crippen MR) is 235 cm³/mol. The SMILES string of the molecule is CC(=[OH+])N(O)CCCC(N)C(=O)NC(CCCN(O)C(C)=[OH+])C(=O)NC(CCCN(O)C(C)=[OH+])C(=O)NC(CO)C(=O)NC(C(=O)O)C(O)C1SC(n2ccc(=NC(N)=O)n(C)c2=O)C(O)C1O.[Fe]. The number of hydrogen-bond acceptors (Lipinski definition) is 16. The van der Waals surface area contributed by atoms with Crippen LogP contribution in [0.15, 0.2) is 22.1 Å². The van der Waals surface area contributed by atoms with E-state index in [1.807, 2.05) is 5.32 Å². The topological polar surface area (TPSA) is 478 Å². The number of urea groups is 1. The normalized spacial score (nSPS) is 19.3. The number of rotatable bonds is 25. The Bertz CT molecular complexity index is 2130. The third-order valence-electron chi connectivity index (χ3n) is 10.4. The van der Waals surface area contributed by atoms with E-state index in [2.05, 4.69) is 20.9 Å². The van der Waals surface area contributed by atoms with Crippen molar-refractivity contribution in [1.29, 1.82) is 0 Å². The summed E-state index contributed by atoms with van der Waals surface area (Å²) in [6.45, 7) is 1.66. The van der Waals surface area contributed by atoms with E-state index >= 15 is 0 Å². The standard InChI is InChI=1S/C37H60N12O18S.Fe/c1-17(51)47(65)12-5-8-20(38)30(57)40-21(9-6-13-48(66)18(2)52)31(58)41-22(10-7-14-49(67)19(3)53)32(59)42-23(16-50)33(60)44-25(35(61)62)26(54)29-27(55)28(56)34(68-29)46-15-11-24(43-36(39)63)45(4)37(46)64;/h11,15,20-23,25-29,34,50,54-56,65-67H,5-10,12-14,16,38H2,1-4H3,(H2,39,63)(H,40,57)(H,41,58)(H,42,59)(H,44,60)(H,61,62);/p+3. The number of hydrogen-bond donors (Lipinski definition) is 14. The number of carbonyl (C=O) groups excluding carboxylic acids is 8. The van der Waals surface area contributed by atoms with Crippen LogP contribution < -0.4 is 43.9 Å². The van der Waals surface area contributed by atoms with E-state index in [1.54, 1.807) is 0 Å². The van der Waals surface area contributed by atoms with Crippen molar-refractivity contribution >= 4 is 65.1 Å². The molecule has 30 nitrogen and oxygen atoms in total. The second kappa shape index (κ2) is 28.8. The number of amides is 9. The average molecular weight is 1050 g/mol. The summed E-state index contributed by atoms with van der Waals surface area (Å²) in [4.78, 5) is 123. The first-order valence-electron chi connectivity index (χ1n) is 20.8. The zero-order valence-corrected chi connectivity index (χ0v) is 39.8. The van der Waals surface area contributed by atoms with Gasteiger partial charge >= 0.3 is 35.4 Å². The molecule has 0 aliphatic carbocycles. The van der Waals surface area contributed by atoms with Crippen molar-refractivity contribution < 1.29 is 101 Å². The minimum Gasteiger partial charge on any atom is -0.480 e. The first-order chi connectivity index (χ1) is 31.7. The molecule has 0 radical (unpaired) electrons. The molecule has 69 heavy (non-hydrogen) atoms. The number of primary amides is 1. The van der Waals surface area contributed by atoms with E-state index in [1.165, 1.54) is 27.0 Å². The largest absolute Gasteiger partial charge is 0.480 e. The Labute approximate surface area is 407 Å². The van der Waals surface area contributed by atoms with Gasteiger partial charge in [-0.3, -0.25) is 58.3 Å². The number of hydroxylamine groups is 6. The fourth-order valence-corrected chi connectivity index (χ4v) is 8.05. The molecule has 10 atom stereocenters. The number of aliphatic carboxylic acids is 1. The predicted octanol–water partition coefficient (Wildman–Crippen LogP) is -6.82. The fraction of sp³-hybridized carbons (Fsp3) is 0.649. The molecule has 10 unspecified atom stereocenters. The monoisotopic (exact) mass is 1050 g/mol. The minimum absolute atomic E-state index is 0. The second-order valence-corrected chi connectivity index (χ2v) is 16.9. The zero-order valence-electron chi connectivity index (χ0n) is 37.9. The van der Waals surface area contributed by atoms with E-state index in [0.717, 1.165) is 22.3 Å². The van der Waals surface area contributed by atoms with Crippen LogP contribution in [0, 0.1) is 0 Å². The molecule has 2 heterocycles. The van der Waals surface area contributed by atoms with Crippen LogP contribution in [0.2, 0.25) is 0 Å². The van der Waals surface area contributed by atoms with Gasteiger partial charge < -0.3 is 58.3 Å². The van der Waals surface area contributed by atoms with Crippen molar-refractivity contribution in [3.8, 4) is 0 Å². The van der Waals surface area contributed by atoms with Crippen molar-refractivity contribution in [3.63, 3.8) is 0 Å². The Kier molecular flexibility index (Phi) is 25.7. The maximum absolute atomic E-state index is 13.8. The van der Waals surface area contributed by atoms with E-state index in [4.69, 9.17) is 11.5 Å². The fourth-order valence-electron chi connectivity index (χ4n) is 6.47. The number of nitrogens with two attached hydrogens (primary N) is 2. The summed E-state index contributed by atoms with van der Waals surface area (Å²) >= 11 is 0.554. The van der Waals surface area contributed by atoms with E-state index in [-0.39, 0.29) is 80.7 Å². The van der Waals surface area contributed by atoms with Crippen LogP contribution in [0.1, 0.15) is 64.7 Å². The molecule has 390 valence electrons. The molecule has 1 aliphatic heterocycles. The Morgan fingerprint density at radius 1 is 0.783 bits per heavy atom. The van der Waals surface area contributed by atoms with Crippen molar-refractivity contribution in [3.05, 3.63) is 28.2 Å². The number of aliphatic hydroxyl groups is 4. The Morgan fingerprint density at radius 3 is 1.65 bits per heavy atom. The van der Waals surface area contributed by atoms with Gasteiger partial charge in [0.2, 0.25) is 23.6 Å². The van der Waals surface area contributed by atoms with Crippen molar-refractivity contribution in [2.45, 2.75) is 118 Å². The summed E-state index contributed by atoms with van der Waals surface area (Å²) in [5, 5.41) is 90.2. The molecular formula is C37H63FeN12O18S+3. The molecule has 19 N–H and O–H groups in total. The molecule has 32 heteroatoms. The molecule has 2 rings (SSSR count). The van der Waals surface area contributed by atoms with Gasteiger partial charge in [0.25, 0.3) is 0 Å². The van der Waals surface area contributed by atoms with Gasteiger partial charge in [-0.25, -0.2) is 14.4 Å². The molecule has 1 aromatic rings. The number of carbonyl (C=O) groups is 6. The van der Waals surface area contributed by atoms with Gasteiger partial charge in [-0.1, -0.05) is 0 Å². The Balaban J connectivity index is 0.0000238. The Morgan fingerprint density at radius 2 is 1.22 bits per heavy atom. The molecule has 1 aromatic heterocycles. The minimum atomic E-state index is -2.29. The quantitative estimate of drug-likeness (QED) is 0.0187. The third kappa shape index (κ3) is 18.4. The summed E-state index contributed by atoms with van der Waals surface area (Å²) in [7, 11) is 1.22. The van der Waals surface area contributed by atoms with E-state index < -0.39 is 125 Å². The van der Waals surface area contributed by atoms with Crippen molar-refractivity contribution in [1.82, 2.24) is 45.6 Å². The molecular weight excluding hydrogens is 988 g/mol. The van der Waals surface area contributed by atoms with Gasteiger partial charge in [-0.05, 0) is 44.6 Å². The number of aliphatic hydroxyl groups excluding tert-OH is 4. The van der Waals surface area contributed by atoms with Crippen LogP contribution in [-0.4, -0.2) is 213 Å². The van der Waals surface area contributed by atoms with Crippen LogP contribution in [0.3, 0.4) is 0 Å². The molecule has 0 spiro atoms. The van der Waals surface area contributed by atoms with Crippen LogP contribution in [0.25, 0.3) is 0 Å². The second-order valence-electron chi connectivity index (χ2n) is 15.6. The van der Waals surface area contributed by atoms with Crippen LogP contribution in [0.4, 0.5) is 4.79 Å². The van der Waals surface area contributed by atoms with Crippen LogP contribution >= 0.6 is 11.8 Å². The number of aromatic nitrogens is 2. The van der Waals surface area contributed by atoms with Crippen LogP contribution in [0.5, 0.6) is 0 Å². The number of carboxylic acids is 1. The van der Waals surface area contributed by atoms with Gasteiger partial charge in [0, 0.05) is 30.3 Å². The summed E-state index contributed by atoms with van der Waals surface area (Å²) in [6.07, 6.45) is -5.60. The molecule has 1 saturated heterocycles. The maximum atomic E-state index is 13.8. The van der Waals surface area contributed by atoms with Crippen LogP contribution in [-0.2, 0) is 48.1 Å². The van der Waals surface area contributed by atoms with Gasteiger partial charge in [0.1, 0.15) is 35.1 Å².